The van der Waals surface area contributed by atoms with Gasteiger partial charge in [0.25, 0.3) is 15.9 Å². The normalized spacial score (nSPS) is 19.3. The van der Waals surface area contributed by atoms with Crippen LogP contribution in [0.3, 0.4) is 0 Å². The molecule has 2 aromatic heterocycles. The van der Waals surface area contributed by atoms with Gasteiger partial charge in [0.2, 0.25) is 11.9 Å². The van der Waals surface area contributed by atoms with Crippen molar-refractivity contribution in [3.05, 3.63) is 77.3 Å². The molecule has 13 nitrogen and oxygen atoms in total. The van der Waals surface area contributed by atoms with E-state index in [0.29, 0.717) is 0 Å². The molecule has 266 valence electrons. The van der Waals surface area contributed by atoms with Gasteiger partial charge in [0.05, 0.1) is 12.9 Å². The maximum absolute atomic E-state index is 13.1. The number of aromatic amines is 1. The molecule has 1 saturated heterocycles. The molecule has 50 heavy (non-hydrogen) atoms. The maximum atomic E-state index is 13.1. The van der Waals surface area contributed by atoms with Crippen molar-refractivity contribution in [1.29, 1.82) is 0 Å². The quantitative estimate of drug-likeness (QED) is 0.108. The summed E-state index contributed by atoms with van der Waals surface area (Å²) in [5.41, 5.74) is 1.11. The lowest BCUT2D eigenvalue weighted by molar-refractivity contribution is -0.118. The summed E-state index contributed by atoms with van der Waals surface area (Å²) < 4.78 is 27.8. The Morgan fingerprint density at radius 1 is 0.960 bits per heavy atom. The third kappa shape index (κ3) is 8.73. The molecule has 3 heterocycles. The highest BCUT2D eigenvalue weighted by Gasteiger charge is 2.51. The number of nitrogens with zero attached hydrogens (tertiary/aromatic N) is 3. The first-order valence-corrected chi connectivity index (χ1v) is 20.0. The van der Waals surface area contributed by atoms with E-state index in [4.69, 9.17) is 43.1 Å². The van der Waals surface area contributed by atoms with Crippen molar-refractivity contribution in [3.63, 3.8) is 0 Å². The molecule has 4 N–H and O–H groups in total. The molecule has 0 saturated carbocycles. The predicted molar refractivity (Wildman–Crippen MR) is 204 cm³/mol. The smallest absolute Gasteiger partial charge is 0.280 e. The number of rotatable bonds is 10. The zero-order valence-corrected chi connectivity index (χ0v) is 31.7. The van der Waals surface area contributed by atoms with Gasteiger partial charge in [-0.1, -0.05) is 71.0 Å². The summed E-state index contributed by atoms with van der Waals surface area (Å²) in [6.07, 6.45) is -2.06. The number of hydrogen-bond donors (Lipinski definition) is 4. The fourth-order valence-electron chi connectivity index (χ4n) is 4.86. The average Bonchev–Trinajstić information content (AvgIpc) is 3.61. The average molecular weight is 738 g/mol. The number of thiocarbonyl (C=S) groups is 2. The Morgan fingerprint density at radius 2 is 1.52 bits per heavy atom. The van der Waals surface area contributed by atoms with Crippen LogP contribution in [0.1, 0.15) is 40.8 Å². The number of amides is 1. The second kappa shape index (κ2) is 15.3. The van der Waals surface area contributed by atoms with Crippen molar-refractivity contribution in [2.45, 2.75) is 77.3 Å². The third-order valence-electron chi connectivity index (χ3n) is 8.70. The van der Waals surface area contributed by atoms with Gasteiger partial charge in [-0.3, -0.25) is 24.5 Å². The van der Waals surface area contributed by atoms with E-state index in [1.54, 1.807) is 18.4 Å². The summed E-state index contributed by atoms with van der Waals surface area (Å²) >= 11 is 11.4. The van der Waals surface area contributed by atoms with E-state index in [-0.39, 0.29) is 50.9 Å². The number of aromatic nitrogens is 4. The number of ether oxygens (including phenoxy) is 3. The lowest BCUT2D eigenvalue weighted by Gasteiger charge is -2.37. The van der Waals surface area contributed by atoms with Crippen LogP contribution >= 0.6 is 24.4 Å². The van der Waals surface area contributed by atoms with Gasteiger partial charge in [0.15, 0.2) is 37.9 Å². The number of imidazole rings is 1. The number of nitrogens with one attached hydrogen (secondary N) is 4. The van der Waals surface area contributed by atoms with E-state index in [9.17, 15) is 9.59 Å². The Balaban J connectivity index is 1.55. The lowest BCUT2D eigenvalue weighted by Crippen LogP contribution is -2.46. The largest absolute Gasteiger partial charge is 0.460 e. The summed E-state index contributed by atoms with van der Waals surface area (Å²) in [5, 5.41) is 8.95. The van der Waals surface area contributed by atoms with Crippen molar-refractivity contribution in [3.8, 4) is 0 Å². The molecule has 0 aliphatic carbocycles. The Hall–Kier alpha value is -4.22. The molecule has 0 bridgehead atoms. The van der Waals surface area contributed by atoms with Gasteiger partial charge in [0.1, 0.15) is 6.10 Å². The first-order chi connectivity index (χ1) is 23.6. The van der Waals surface area contributed by atoms with Gasteiger partial charge >= 0.3 is 0 Å². The molecule has 4 aromatic rings. The maximum Gasteiger partial charge on any atom is 0.280 e. The van der Waals surface area contributed by atoms with Gasteiger partial charge in [-0.2, -0.15) is 4.98 Å². The first kappa shape index (κ1) is 37.0. The summed E-state index contributed by atoms with van der Waals surface area (Å²) in [6.45, 7) is 14.4. The molecule has 1 fully saturated rings. The SMILES string of the molecule is CC(C)C(=O)Nc1nc2c(ncn2[C@@H]2O[C@H](CO[Si](C)(C)C(C)(C)C)[C@@H](OC(=S)Nc3ccccc3)[C@H]2OC(=S)Nc2ccccc2)c(=O)[nH]1. The van der Waals surface area contributed by atoms with Gasteiger partial charge in [-0.25, -0.2) is 4.98 Å². The highest BCUT2D eigenvalue weighted by molar-refractivity contribution is 7.80. The lowest BCUT2D eigenvalue weighted by atomic mass is 10.1. The molecule has 1 aliphatic rings. The number of H-pyrrole nitrogens is 1. The zero-order chi connectivity index (χ0) is 36.2. The number of para-hydroxylation sites is 2. The van der Waals surface area contributed by atoms with Crippen LogP contribution in [0, 0.1) is 5.92 Å². The second-order valence-corrected chi connectivity index (χ2v) is 19.3. The van der Waals surface area contributed by atoms with Gasteiger partial charge in [-0.15, -0.1) is 0 Å². The van der Waals surface area contributed by atoms with Gasteiger partial charge in [0, 0.05) is 17.3 Å². The number of anilines is 3. The molecule has 4 atom stereocenters. The summed E-state index contributed by atoms with van der Waals surface area (Å²) in [4.78, 5) is 37.1. The van der Waals surface area contributed by atoms with Crippen LogP contribution < -0.4 is 21.5 Å². The molecule has 0 spiro atoms. The van der Waals surface area contributed by atoms with Crippen LogP contribution in [-0.4, -0.2) is 69.0 Å². The molecular weight excluding hydrogens is 695 g/mol. The van der Waals surface area contributed by atoms with E-state index in [2.05, 4.69) is 64.8 Å². The highest BCUT2D eigenvalue weighted by atomic mass is 32.1. The number of carbonyl (C=O) groups excluding carboxylic acids is 1. The van der Waals surface area contributed by atoms with Gasteiger partial charge in [-0.05, 0) is 66.8 Å². The Labute approximate surface area is 302 Å². The summed E-state index contributed by atoms with van der Waals surface area (Å²) in [5.74, 6) is -0.689. The fourth-order valence-corrected chi connectivity index (χ4v) is 6.33. The minimum absolute atomic E-state index is 0.0291. The van der Waals surface area contributed by atoms with Crippen LogP contribution in [-0.2, 0) is 23.4 Å². The van der Waals surface area contributed by atoms with Crippen LogP contribution in [0.5, 0.6) is 0 Å². The van der Waals surface area contributed by atoms with E-state index >= 15 is 0 Å². The van der Waals surface area contributed by atoms with Crippen LogP contribution in [0.4, 0.5) is 17.3 Å². The van der Waals surface area contributed by atoms with E-state index in [1.807, 2.05) is 60.7 Å². The topological polar surface area (TPSA) is 154 Å². The van der Waals surface area contributed by atoms with E-state index in [0.717, 1.165) is 11.4 Å². The second-order valence-electron chi connectivity index (χ2n) is 13.7. The molecule has 1 amide bonds. The Morgan fingerprint density at radius 3 is 2.06 bits per heavy atom. The number of carbonyl (C=O) groups is 1. The molecule has 0 unspecified atom stereocenters. The van der Waals surface area contributed by atoms with Crippen molar-refractivity contribution >= 4 is 77.5 Å². The van der Waals surface area contributed by atoms with Crippen molar-refractivity contribution in [1.82, 2.24) is 19.5 Å². The van der Waals surface area contributed by atoms with Crippen LogP contribution in [0.25, 0.3) is 11.2 Å². The van der Waals surface area contributed by atoms with Crippen molar-refractivity contribution in [2.24, 2.45) is 5.92 Å². The van der Waals surface area contributed by atoms with E-state index < -0.39 is 38.4 Å². The Bertz CT molecular complexity index is 1880. The summed E-state index contributed by atoms with van der Waals surface area (Å²) in [7, 11) is -2.26. The minimum atomic E-state index is -2.26. The van der Waals surface area contributed by atoms with Crippen LogP contribution in [0.2, 0.25) is 18.1 Å². The molecule has 2 aromatic carbocycles. The standard InChI is InChI=1S/C34H43N7O6S2Si/c1-20(2)28(42)39-31-38-27-24(29(43)40-31)35-19-41(27)30-26(47-33(49)37-22-16-12-9-13-17-22)25(46-32(48)36-21-14-10-8-11-15-21)23(45-30)18-44-50(6,7)34(3,4)5/h8-17,19-20,23,25-26,30H,18H2,1-7H3,(H,36,48)(H,37,49)(H2,38,39,40,42,43)/t23-,25-,26-,30-/m1/s1. The Kier molecular flexibility index (Phi) is 11.4. The third-order valence-corrected chi connectivity index (χ3v) is 13.6. The van der Waals surface area contributed by atoms with Crippen molar-refractivity contribution in [2.75, 3.05) is 22.6 Å². The molecule has 16 heteroatoms. The minimum Gasteiger partial charge on any atom is -0.460 e. The molecule has 1 aliphatic heterocycles. The highest BCUT2D eigenvalue weighted by Crippen LogP contribution is 2.40. The molecular formula is C34H43N7O6S2Si. The fraction of sp³-hybridized carbons (Fsp3) is 0.412. The summed E-state index contributed by atoms with van der Waals surface area (Å²) in [6, 6.07) is 18.7. The van der Waals surface area contributed by atoms with Crippen LogP contribution in [0.15, 0.2) is 71.8 Å². The number of benzene rings is 2. The molecule has 5 rings (SSSR count). The zero-order valence-electron chi connectivity index (χ0n) is 29.1. The number of hydrogen-bond acceptors (Lipinski definition) is 10. The van der Waals surface area contributed by atoms with Crippen molar-refractivity contribution < 1.29 is 23.4 Å². The predicted octanol–water partition coefficient (Wildman–Crippen LogP) is 6.20. The van der Waals surface area contributed by atoms with Gasteiger partial charge < -0.3 is 29.3 Å². The molecule has 0 radical (unpaired) electrons. The monoisotopic (exact) mass is 737 g/mol. The number of fused-ring (bicyclic) bond motifs is 1. The first-order valence-electron chi connectivity index (χ1n) is 16.3. The van der Waals surface area contributed by atoms with E-state index in [1.165, 1.54) is 6.33 Å².